The zero-order chi connectivity index (χ0) is 16.4. The number of hydrogen-bond donors (Lipinski definition) is 2. The van der Waals surface area contributed by atoms with E-state index in [1.807, 2.05) is 23.1 Å². The number of rotatable bonds is 2. The summed E-state index contributed by atoms with van der Waals surface area (Å²) in [7, 11) is 0. The number of piperazine rings is 1. The Kier molecular flexibility index (Phi) is 4.34. The first-order valence-electron chi connectivity index (χ1n) is 8.90. The third-order valence-corrected chi connectivity index (χ3v) is 5.26. The van der Waals surface area contributed by atoms with Gasteiger partial charge in [0.2, 0.25) is 0 Å². The molecule has 24 heavy (non-hydrogen) atoms. The van der Waals surface area contributed by atoms with Crippen molar-refractivity contribution in [1.82, 2.24) is 25.2 Å². The summed E-state index contributed by atoms with van der Waals surface area (Å²) in [5.74, 6) is 0. The maximum Gasteiger partial charge on any atom is 0.321 e. The van der Waals surface area contributed by atoms with Crippen molar-refractivity contribution in [1.29, 1.82) is 0 Å². The number of carbonyl (C=O) groups is 1. The van der Waals surface area contributed by atoms with Crippen LogP contribution in [0.4, 0.5) is 10.5 Å². The largest absolute Gasteiger partial charge is 0.322 e. The highest BCUT2D eigenvalue weighted by Gasteiger charge is 2.27. The molecule has 0 unspecified atom stereocenters. The second-order valence-corrected chi connectivity index (χ2v) is 6.77. The van der Waals surface area contributed by atoms with E-state index in [4.69, 9.17) is 0 Å². The number of amides is 2. The Balaban J connectivity index is 1.32. The molecule has 7 heteroatoms. The summed E-state index contributed by atoms with van der Waals surface area (Å²) in [4.78, 5) is 17.0. The normalized spacial score (nSPS) is 20.4. The maximum atomic E-state index is 12.5. The number of carbonyl (C=O) groups excluding carboxylic acids is 1. The number of anilines is 1. The standard InChI is InChI=1S/C17H24N6O/c24-17(18-13-6-7-15-16(12-13)20-21-19-15)23-10-8-22(9-11-23)14-4-2-1-3-5-14/h6-7,12,14H,1-5,8-11H2,(H,18,24)(H,19,20,21). The second-order valence-electron chi connectivity index (χ2n) is 6.77. The van der Waals surface area contributed by atoms with Gasteiger partial charge < -0.3 is 10.2 Å². The van der Waals surface area contributed by atoms with Gasteiger partial charge >= 0.3 is 6.03 Å². The van der Waals surface area contributed by atoms with Gasteiger partial charge in [-0.15, -0.1) is 0 Å². The molecule has 2 heterocycles. The van der Waals surface area contributed by atoms with E-state index in [-0.39, 0.29) is 6.03 Å². The highest BCUT2D eigenvalue weighted by molar-refractivity contribution is 5.91. The summed E-state index contributed by atoms with van der Waals surface area (Å²) in [6.07, 6.45) is 6.74. The molecular weight excluding hydrogens is 304 g/mol. The highest BCUT2D eigenvalue weighted by Crippen LogP contribution is 2.23. The predicted octanol–water partition coefficient (Wildman–Crippen LogP) is 2.44. The van der Waals surface area contributed by atoms with Crippen molar-refractivity contribution in [2.24, 2.45) is 0 Å². The fraction of sp³-hybridized carbons (Fsp3) is 0.588. The van der Waals surface area contributed by atoms with Gasteiger partial charge in [-0.05, 0) is 31.0 Å². The molecule has 2 fully saturated rings. The molecule has 2 N–H and O–H groups in total. The van der Waals surface area contributed by atoms with E-state index in [9.17, 15) is 4.79 Å². The Labute approximate surface area is 141 Å². The van der Waals surface area contributed by atoms with Crippen LogP contribution in [0.3, 0.4) is 0 Å². The summed E-state index contributed by atoms with van der Waals surface area (Å²) in [5.41, 5.74) is 2.32. The zero-order valence-corrected chi connectivity index (χ0v) is 13.9. The molecule has 1 aromatic heterocycles. The number of aromatic nitrogens is 3. The van der Waals surface area contributed by atoms with Gasteiger partial charge in [-0.1, -0.05) is 19.3 Å². The molecule has 1 saturated heterocycles. The Morgan fingerprint density at radius 2 is 1.79 bits per heavy atom. The lowest BCUT2D eigenvalue weighted by Gasteiger charge is -2.40. The molecule has 1 aliphatic carbocycles. The summed E-state index contributed by atoms with van der Waals surface area (Å²) in [5, 5.41) is 13.6. The number of benzene rings is 1. The molecule has 1 aliphatic heterocycles. The Morgan fingerprint density at radius 3 is 2.58 bits per heavy atom. The molecule has 7 nitrogen and oxygen atoms in total. The lowest BCUT2D eigenvalue weighted by molar-refractivity contribution is 0.0943. The number of hydrogen-bond acceptors (Lipinski definition) is 4. The molecule has 0 bridgehead atoms. The zero-order valence-electron chi connectivity index (χ0n) is 13.9. The van der Waals surface area contributed by atoms with Crippen molar-refractivity contribution in [2.75, 3.05) is 31.5 Å². The van der Waals surface area contributed by atoms with E-state index in [1.54, 1.807) is 0 Å². The molecule has 0 spiro atoms. The molecule has 1 saturated carbocycles. The number of nitrogens with zero attached hydrogens (tertiary/aromatic N) is 4. The fourth-order valence-electron chi connectivity index (χ4n) is 3.86. The van der Waals surface area contributed by atoms with Gasteiger partial charge in [0.1, 0.15) is 11.0 Å². The lowest BCUT2D eigenvalue weighted by atomic mass is 9.94. The minimum absolute atomic E-state index is 0.0267. The molecular formula is C17H24N6O. The van der Waals surface area contributed by atoms with Crippen molar-refractivity contribution >= 4 is 22.8 Å². The Bertz CT molecular complexity index is 700. The van der Waals surface area contributed by atoms with Crippen LogP contribution in [0.1, 0.15) is 32.1 Å². The van der Waals surface area contributed by atoms with Crippen molar-refractivity contribution in [3.63, 3.8) is 0 Å². The van der Waals surface area contributed by atoms with Gasteiger partial charge in [-0.3, -0.25) is 4.90 Å². The first-order valence-corrected chi connectivity index (χ1v) is 8.90. The van der Waals surface area contributed by atoms with Gasteiger partial charge in [0, 0.05) is 37.9 Å². The van der Waals surface area contributed by atoms with Crippen LogP contribution in [0.2, 0.25) is 0 Å². The van der Waals surface area contributed by atoms with Crippen LogP contribution in [0.15, 0.2) is 18.2 Å². The van der Waals surface area contributed by atoms with Gasteiger partial charge in [0.15, 0.2) is 0 Å². The summed E-state index contributed by atoms with van der Waals surface area (Å²) >= 11 is 0. The van der Waals surface area contributed by atoms with Gasteiger partial charge in [0.05, 0.1) is 0 Å². The average molecular weight is 328 g/mol. The molecule has 2 aromatic rings. The summed E-state index contributed by atoms with van der Waals surface area (Å²) < 4.78 is 0. The monoisotopic (exact) mass is 328 g/mol. The van der Waals surface area contributed by atoms with Crippen LogP contribution < -0.4 is 5.32 Å². The van der Waals surface area contributed by atoms with Crippen LogP contribution in [0.5, 0.6) is 0 Å². The molecule has 2 amide bonds. The fourth-order valence-corrected chi connectivity index (χ4v) is 3.86. The molecule has 4 rings (SSSR count). The molecule has 128 valence electrons. The van der Waals surface area contributed by atoms with Crippen LogP contribution in [-0.2, 0) is 0 Å². The van der Waals surface area contributed by atoms with Gasteiger partial charge in [-0.2, -0.15) is 15.4 Å². The first kappa shape index (κ1) is 15.4. The number of urea groups is 1. The Morgan fingerprint density at radius 1 is 1.04 bits per heavy atom. The Hall–Kier alpha value is -2.15. The topological polar surface area (TPSA) is 77.1 Å². The van der Waals surface area contributed by atoms with Crippen molar-refractivity contribution in [3.05, 3.63) is 18.2 Å². The first-order chi connectivity index (χ1) is 11.8. The third kappa shape index (κ3) is 3.21. The molecule has 0 atom stereocenters. The second kappa shape index (κ2) is 6.76. The number of nitrogens with one attached hydrogen (secondary N) is 2. The lowest BCUT2D eigenvalue weighted by Crippen LogP contribution is -2.53. The van der Waals surface area contributed by atoms with Crippen LogP contribution in [-0.4, -0.2) is 63.5 Å². The molecule has 0 radical (unpaired) electrons. The van der Waals surface area contributed by atoms with E-state index in [2.05, 4.69) is 25.6 Å². The number of aromatic amines is 1. The van der Waals surface area contributed by atoms with E-state index in [1.165, 1.54) is 32.1 Å². The van der Waals surface area contributed by atoms with Crippen molar-refractivity contribution in [3.8, 4) is 0 Å². The smallest absolute Gasteiger partial charge is 0.321 e. The van der Waals surface area contributed by atoms with Crippen LogP contribution in [0.25, 0.3) is 11.0 Å². The maximum absolute atomic E-state index is 12.5. The van der Waals surface area contributed by atoms with Crippen molar-refractivity contribution < 1.29 is 4.79 Å². The third-order valence-electron chi connectivity index (χ3n) is 5.26. The van der Waals surface area contributed by atoms with E-state index < -0.39 is 0 Å². The molecule has 2 aliphatic rings. The average Bonchev–Trinajstić information content (AvgIpc) is 3.10. The van der Waals surface area contributed by atoms with Crippen LogP contribution in [0, 0.1) is 0 Å². The number of H-pyrrole nitrogens is 1. The van der Waals surface area contributed by atoms with E-state index in [0.29, 0.717) is 0 Å². The SMILES string of the molecule is O=C(Nc1ccc2n[nH]nc2c1)N1CCN(C2CCCCC2)CC1. The van der Waals surface area contributed by atoms with Crippen LogP contribution >= 0.6 is 0 Å². The van der Waals surface area contributed by atoms with Crippen molar-refractivity contribution in [2.45, 2.75) is 38.1 Å². The van der Waals surface area contributed by atoms with Gasteiger partial charge in [0.25, 0.3) is 0 Å². The quantitative estimate of drug-likeness (QED) is 0.888. The van der Waals surface area contributed by atoms with E-state index in [0.717, 1.165) is 48.9 Å². The highest BCUT2D eigenvalue weighted by atomic mass is 16.2. The summed E-state index contributed by atoms with van der Waals surface area (Å²) in [6.45, 7) is 3.57. The minimum Gasteiger partial charge on any atom is -0.322 e. The predicted molar refractivity (Wildman–Crippen MR) is 92.9 cm³/mol. The summed E-state index contributed by atoms with van der Waals surface area (Å²) in [6, 6.07) is 6.27. The molecule has 1 aromatic carbocycles. The number of fused-ring (bicyclic) bond motifs is 1. The van der Waals surface area contributed by atoms with Gasteiger partial charge in [-0.25, -0.2) is 4.79 Å². The van der Waals surface area contributed by atoms with E-state index >= 15 is 0 Å². The minimum atomic E-state index is -0.0267.